The molecule has 2 aromatic carbocycles. The predicted octanol–water partition coefficient (Wildman–Crippen LogP) is 14.6. The van der Waals surface area contributed by atoms with E-state index in [1.165, 1.54) is 30.5 Å². The van der Waals surface area contributed by atoms with E-state index in [0.29, 0.717) is 23.5 Å². The van der Waals surface area contributed by atoms with Crippen LogP contribution in [0.5, 0.6) is 5.75 Å². The lowest BCUT2D eigenvalue weighted by Crippen LogP contribution is -2.41. The Morgan fingerprint density at radius 2 is 1.10 bits per heavy atom. The largest absolute Gasteiger partial charge is 0.508 e. The molecule has 4 nitrogen and oxygen atoms in total. The number of rotatable bonds is 9. The highest BCUT2D eigenvalue weighted by Gasteiger charge is 2.51. The molecule has 2 aromatic rings. The average Bonchev–Trinajstić information content (AvgIpc) is 3.46. The van der Waals surface area contributed by atoms with Gasteiger partial charge in [-0.05, 0) is 112 Å². The van der Waals surface area contributed by atoms with E-state index < -0.39 is 11.8 Å². The van der Waals surface area contributed by atoms with Crippen LogP contribution in [0.1, 0.15) is 187 Å². The molecule has 1 aliphatic carbocycles. The van der Waals surface area contributed by atoms with Gasteiger partial charge in [0, 0.05) is 0 Å². The van der Waals surface area contributed by atoms with E-state index in [9.17, 15) is 23.1 Å². The Labute approximate surface area is 308 Å². The summed E-state index contributed by atoms with van der Waals surface area (Å²) in [7, 11) is 0. The molecule has 50 heavy (non-hydrogen) atoms. The number of hydrogen-bond acceptors (Lipinski definition) is 4. The Kier molecular flexibility index (Phi) is 30.3. The minimum atomic E-state index is -4.66. The van der Waals surface area contributed by atoms with Crippen LogP contribution in [-0.4, -0.2) is 28.0 Å². The predicted molar refractivity (Wildman–Crippen MR) is 214 cm³/mol. The van der Waals surface area contributed by atoms with Crippen molar-refractivity contribution in [2.75, 3.05) is 0 Å². The van der Waals surface area contributed by atoms with Crippen molar-refractivity contribution >= 4 is 5.97 Å². The van der Waals surface area contributed by atoms with Gasteiger partial charge in [0.15, 0.2) is 5.60 Å². The van der Waals surface area contributed by atoms with Crippen molar-refractivity contribution in [2.24, 2.45) is 11.3 Å². The van der Waals surface area contributed by atoms with E-state index in [0.717, 1.165) is 44.6 Å². The van der Waals surface area contributed by atoms with Crippen LogP contribution < -0.4 is 0 Å². The van der Waals surface area contributed by atoms with Crippen molar-refractivity contribution in [3.8, 4) is 5.75 Å². The Hall–Kier alpha value is -2.54. The summed E-state index contributed by atoms with van der Waals surface area (Å²) >= 11 is 0. The number of phenols is 1. The standard InChI is InChI=1S/C14H26O2.C13H17F3O.C10H14O.6CH4/c1-6-13(4,5)12(15)16-14(11(2)3)9-7-8-10-14;1-4-9(2)10-5-7-11(8-6-10)12(3,17)13(14,15)16;1-3-8(2)9-4-6-10(11)7-5-9;;;;;;/h11H,6-10H2,1-5H3;5-9,17H,4H2,1-3H3;4-8,11H,3H2,1-2H3;6*1H4. The molecule has 0 bridgehead atoms. The Balaban J connectivity index is -0.000000139. The molecule has 0 saturated heterocycles. The van der Waals surface area contributed by atoms with Gasteiger partial charge in [0.2, 0.25) is 0 Å². The van der Waals surface area contributed by atoms with E-state index in [4.69, 9.17) is 9.84 Å². The van der Waals surface area contributed by atoms with Gasteiger partial charge in [-0.15, -0.1) is 0 Å². The molecular weight excluding hydrogens is 637 g/mol. The van der Waals surface area contributed by atoms with E-state index >= 15 is 0 Å². The number of benzene rings is 2. The first-order valence-corrected chi connectivity index (χ1v) is 16.2. The highest BCUT2D eigenvalue weighted by atomic mass is 19.4. The lowest BCUT2D eigenvalue weighted by molar-refractivity contribution is -0.258. The van der Waals surface area contributed by atoms with Crippen molar-refractivity contribution in [2.45, 2.75) is 188 Å². The lowest BCUT2D eigenvalue weighted by atomic mass is 9.86. The summed E-state index contributed by atoms with van der Waals surface area (Å²) in [5, 5.41) is 18.5. The second-order valence-electron chi connectivity index (χ2n) is 13.5. The van der Waals surface area contributed by atoms with Crippen molar-refractivity contribution < 1.29 is 32.9 Å². The molecule has 3 atom stereocenters. The van der Waals surface area contributed by atoms with Crippen molar-refractivity contribution in [3.05, 3.63) is 65.2 Å². The van der Waals surface area contributed by atoms with Crippen LogP contribution in [0, 0.1) is 11.3 Å². The highest BCUT2D eigenvalue weighted by molar-refractivity contribution is 5.76. The minimum absolute atomic E-state index is 0. The third-order valence-electron chi connectivity index (χ3n) is 9.52. The van der Waals surface area contributed by atoms with Crippen LogP contribution >= 0.6 is 0 Å². The number of aliphatic hydroxyl groups is 1. The first kappa shape index (κ1) is 59.6. The summed E-state index contributed by atoms with van der Waals surface area (Å²) in [5.74, 6) is 1.64. The molecule has 0 radical (unpaired) electrons. The molecular formula is C43H81F3O4. The Bertz CT molecular complexity index is 1110. The molecule has 1 fully saturated rings. The molecule has 0 heterocycles. The van der Waals surface area contributed by atoms with E-state index in [-0.39, 0.29) is 67.1 Å². The van der Waals surface area contributed by atoms with Crippen LogP contribution in [0.15, 0.2) is 48.5 Å². The van der Waals surface area contributed by atoms with Gasteiger partial charge in [0.25, 0.3) is 0 Å². The summed E-state index contributed by atoms with van der Waals surface area (Å²) < 4.78 is 43.7. The van der Waals surface area contributed by atoms with Crippen molar-refractivity contribution in [3.63, 3.8) is 0 Å². The van der Waals surface area contributed by atoms with Crippen LogP contribution in [-0.2, 0) is 15.1 Å². The fourth-order valence-corrected chi connectivity index (χ4v) is 4.81. The second-order valence-corrected chi connectivity index (χ2v) is 13.5. The zero-order chi connectivity index (χ0) is 33.9. The first-order valence-electron chi connectivity index (χ1n) is 16.2. The second kappa shape index (κ2) is 25.4. The first-order chi connectivity index (χ1) is 20.3. The van der Waals surface area contributed by atoms with Crippen molar-refractivity contribution in [1.82, 2.24) is 0 Å². The van der Waals surface area contributed by atoms with Gasteiger partial charge in [-0.25, -0.2) is 0 Å². The molecule has 1 saturated carbocycles. The maximum absolute atomic E-state index is 12.6. The fraction of sp³-hybridized carbons (Fsp3) is 0.698. The number of phenolic OH excluding ortho intramolecular Hbond substituents is 1. The van der Waals surface area contributed by atoms with Crippen LogP contribution in [0.2, 0.25) is 0 Å². The molecule has 0 spiro atoms. The summed E-state index contributed by atoms with van der Waals surface area (Å²) in [6.07, 6.45) is 2.70. The molecule has 298 valence electrons. The summed E-state index contributed by atoms with van der Waals surface area (Å²) in [5.41, 5.74) is -1.16. The summed E-state index contributed by atoms with van der Waals surface area (Å²) in [6.45, 7) is 19.5. The van der Waals surface area contributed by atoms with Crippen molar-refractivity contribution in [1.29, 1.82) is 0 Å². The van der Waals surface area contributed by atoms with Crippen LogP contribution in [0.3, 0.4) is 0 Å². The highest BCUT2D eigenvalue weighted by Crippen LogP contribution is 2.41. The van der Waals surface area contributed by atoms with E-state index in [1.54, 1.807) is 24.3 Å². The summed E-state index contributed by atoms with van der Waals surface area (Å²) in [4.78, 5) is 12.1. The quantitative estimate of drug-likeness (QED) is 0.253. The average molecular weight is 719 g/mol. The van der Waals surface area contributed by atoms with Gasteiger partial charge in [-0.1, -0.05) is 129 Å². The molecule has 7 heteroatoms. The fourth-order valence-electron chi connectivity index (χ4n) is 4.81. The third kappa shape index (κ3) is 16.7. The monoisotopic (exact) mass is 719 g/mol. The number of alkyl halides is 3. The zero-order valence-electron chi connectivity index (χ0n) is 28.6. The van der Waals surface area contributed by atoms with Gasteiger partial charge < -0.3 is 14.9 Å². The van der Waals surface area contributed by atoms with Gasteiger partial charge in [0.1, 0.15) is 11.4 Å². The smallest absolute Gasteiger partial charge is 0.421 e. The van der Waals surface area contributed by atoms with Crippen LogP contribution in [0.4, 0.5) is 13.2 Å². The van der Waals surface area contributed by atoms with E-state index in [1.807, 2.05) is 46.8 Å². The molecule has 0 amide bonds. The maximum Gasteiger partial charge on any atom is 0.421 e. The minimum Gasteiger partial charge on any atom is -0.508 e. The maximum atomic E-state index is 12.6. The molecule has 3 unspecified atom stereocenters. The number of carbonyl (C=O) groups is 1. The van der Waals surface area contributed by atoms with Gasteiger partial charge >= 0.3 is 12.1 Å². The molecule has 3 rings (SSSR count). The number of aromatic hydroxyl groups is 1. The number of carbonyl (C=O) groups excluding carboxylic acids is 1. The van der Waals surface area contributed by atoms with Crippen LogP contribution in [0.25, 0.3) is 0 Å². The molecule has 2 N–H and O–H groups in total. The zero-order valence-corrected chi connectivity index (χ0v) is 28.6. The SMILES string of the molecule is C.C.C.C.C.C.CCC(C)(C)C(=O)OC1(C(C)C)CCCC1.CCC(C)c1ccc(C(C)(O)C(F)(F)F)cc1.CCC(C)c1ccc(O)cc1. The summed E-state index contributed by atoms with van der Waals surface area (Å²) in [6, 6.07) is 13.4. The normalized spacial score (nSPS) is 15.3. The lowest BCUT2D eigenvalue weighted by Gasteiger charge is -2.36. The number of ether oxygens (including phenoxy) is 1. The Morgan fingerprint density at radius 1 is 0.740 bits per heavy atom. The van der Waals surface area contributed by atoms with Gasteiger partial charge in [-0.2, -0.15) is 13.2 Å². The number of hydrogen-bond donors (Lipinski definition) is 2. The topological polar surface area (TPSA) is 66.8 Å². The number of halogens is 3. The van der Waals surface area contributed by atoms with Gasteiger partial charge in [-0.3, -0.25) is 4.79 Å². The number of esters is 1. The molecule has 0 aromatic heterocycles. The Morgan fingerprint density at radius 3 is 1.40 bits per heavy atom. The third-order valence-corrected chi connectivity index (χ3v) is 9.52. The molecule has 1 aliphatic rings. The van der Waals surface area contributed by atoms with E-state index in [2.05, 4.69) is 27.7 Å². The molecule has 0 aliphatic heterocycles. The van der Waals surface area contributed by atoms with Gasteiger partial charge in [0.05, 0.1) is 5.41 Å².